The molecular formula is C16H27NO3. The molecule has 0 radical (unpaired) electrons. The van der Waals surface area contributed by atoms with Crippen LogP contribution >= 0.6 is 0 Å². The summed E-state index contributed by atoms with van der Waals surface area (Å²) < 4.78 is 16.6. The first-order valence-corrected chi connectivity index (χ1v) is 7.29. The molecule has 0 atom stereocenters. The summed E-state index contributed by atoms with van der Waals surface area (Å²) in [6.07, 6.45) is 1.35. The second-order valence-electron chi connectivity index (χ2n) is 4.92. The zero-order chi connectivity index (χ0) is 14.8. The van der Waals surface area contributed by atoms with Crippen LogP contribution in [0, 0.1) is 0 Å². The van der Waals surface area contributed by atoms with Crippen molar-refractivity contribution in [2.75, 3.05) is 26.9 Å². The van der Waals surface area contributed by atoms with Crippen LogP contribution in [0.5, 0.6) is 11.5 Å². The van der Waals surface area contributed by atoms with E-state index in [9.17, 15) is 0 Å². The first-order valence-electron chi connectivity index (χ1n) is 7.29. The molecule has 0 saturated carbocycles. The van der Waals surface area contributed by atoms with E-state index in [1.54, 1.807) is 7.11 Å². The lowest BCUT2D eigenvalue weighted by Gasteiger charge is -2.14. The van der Waals surface area contributed by atoms with Gasteiger partial charge in [0, 0.05) is 18.2 Å². The average Bonchev–Trinajstić information content (AvgIpc) is 2.44. The Balaban J connectivity index is 2.58. The summed E-state index contributed by atoms with van der Waals surface area (Å²) in [5.74, 6) is 1.67. The van der Waals surface area contributed by atoms with Gasteiger partial charge in [-0.2, -0.15) is 0 Å². The molecule has 1 aromatic rings. The Bertz CT molecular complexity index is 380. The zero-order valence-electron chi connectivity index (χ0n) is 13.1. The molecule has 0 aliphatic heterocycles. The van der Waals surface area contributed by atoms with Gasteiger partial charge < -0.3 is 19.5 Å². The summed E-state index contributed by atoms with van der Waals surface area (Å²) in [6.45, 7) is 9.14. The van der Waals surface area contributed by atoms with Crippen molar-refractivity contribution < 1.29 is 14.2 Å². The number of rotatable bonds is 10. The van der Waals surface area contributed by atoms with Crippen LogP contribution < -0.4 is 14.8 Å². The van der Waals surface area contributed by atoms with Crippen molar-refractivity contribution in [1.29, 1.82) is 0 Å². The molecule has 0 heterocycles. The summed E-state index contributed by atoms with van der Waals surface area (Å²) >= 11 is 0. The van der Waals surface area contributed by atoms with Crippen LogP contribution in [0.4, 0.5) is 0 Å². The fourth-order valence-corrected chi connectivity index (χ4v) is 1.78. The monoisotopic (exact) mass is 281 g/mol. The van der Waals surface area contributed by atoms with Crippen LogP contribution in [-0.2, 0) is 11.3 Å². The molecular weight excluding hydrogens is 254 g/mol. The van der Waals surface area contributed by atoms with Crippen molar-refractivity contribution in [2.24, 2.45) is 0 Å². The lowest BCUT2D eigenvalue weighted by Crippen LogP contribution is -2.16. The number of nitrogens with one attached hydrogen (secondary N) is 1. The van der Waals surface area contributed by atoms with E-state index in [1.807, 2.05) is 32.0 Å². The lowest BCUT2D eigenvalue weighted by molar-refractivity contribution is 0.0550. The summed E-state index contributed by atoms with van der Waals surface area (Å²) in [5.41, 5.74) is 1.14. The molecule has 0 saturated heterocycles. The van der Waals surface area contributed by atoms with Gasteiger partial charge in [-0.05, 0) is 32.9 Å². The van der Waals surface area contributed by atoms with Gasteiger partial charge in [0.15, 0.2) is 0 Å². The van der Waals surface area contributed by atoms with Crippen molar-refractivity contribution in [3.05, 3.63) is 23.8 Å². The van der Waals surface area contributed by atoms with Gasteiger partial charge in [-0.15, -0.1) is 0 Å². The molecule has 114 valence electrons. The second-order valence-corrected chi connectivity index (χ2v) is 4.92. The Morgan fingerprint density at radius 1 is 1.20 bits per heavy atom. The van der Waals surface area contributed by atoms with E-state index >= 15 is 0 Å². The zero-order valence-corrected chi connectivity index (χ0v) is 13.1. The molecule has 0 amide bonds. The molecule has 4 nitrogen and oxygen atoms in total. The van der Waals surface area contributed by atoms with Gasteiger partial charge in [-0.1, -0.05) is 13.0 Å². The molecule has 0 fully saturated rings. The van der Waals surface area contributed by atoms with Gasteiger partial charge in [0.25, 0.3) is 0 Å². The molecule has 0 spiro atoms. The van der Waals surface area contributed by atoms with Crippen LogP contribution in [0.3, 0.4) is 0 Å². The van der Waals surface area contributed by atoms with E-state index in [2.05, 4.69) is 12.2 Å². The Morgan fingerprint density at radius 2 is 2.00 bits per heavy atom. The van der Waals surface area contributed by atoms with Gasteiger partial charge in [0.05, 0.1) is 19.8 Å². The molecule has 0 bridgehead atoms. The van der Waals surface area contributed by atoms with Crippen molar-refractivity contribution in [2.45, 2.75) is 39.8 Å². The summed E-state index contributed by atoms with van der Waals surface area (Å²) in [7, 11) is 1.66. The van der Waals surface area contributed by atoms with E-state index < -0.39 is 0 Å². The smallest absolute Gasteiger partial charge is 0.127 e. The highest BCUT2D eigenvalue weighted by atomic mass is 16.5. The van der Waals surface area contributed by atoms with E-state index in [0.29, 0.717) is 13.2 Å². The third-order valence-corrected chi connectivity index (χ3v) is 2.81. The van der Waals surface area contributed by atoms with Crippen LogP contribution in [0.15, 0.2) is 18.2 Å². The number of benzene rings is 1. The van der Waals surface area contributed by atoms with Gasteiger partial charge in [-0.25, -0.2) is 0 Å². The fraction of sp³-hybridized carbons (Fsp3) is 0.625. The minimum atomic E-state index is 0.231. The Kier molecular flexibility index (Phi) is 8.07. The summed E-state index contributed by atoms with van der Waals surface area (Å²) in [4.78, 5) is 0. The molecule has 20 heavy (non-hydrogen) atoms. The molecule has 0 aromatic heterocycles. The maximum absolute atomic E-state index is 5.82. The maximum Gasteiger partial charge on any atom is 0.127 e. The van der Waals surface area contributed by atoms with Gasteiger partial charge >= 0.3 is 0 Å². The highest BCUT2D eigenvalue weighted by molar-refractivity contribution is 5.40. The molecule has 1 rings (SSSR count). The number of ether oxygens (including phenoxy) is 3. The predicted molar refractivity (Wildman–Crippen MR) is 81.6 cm³/mol. The topological polar surface area (TPSA) is 39.7 Å². The Morgan fingerprint density at radius 3 is 2.65 bits per heavy atom. The average molecular weight is 281 g/mol. The van der Waals surface area contributed by atoms with E-state index in [0.717, 1.165) is 36.6 Å². The Hall–Kier alpha value is -1.26. The standard InChI is InChI=1S/C16H27NO3/c1-5-8-17-12-14-6-7-15(18-4)11-16(14)20-10-9-19-13(2)3/h6-7,11,13,17H,5,8-10,12H2,1-4H3. The largest absolute Gasteiger partial charge is 0.497 e. The maximum atomic E-state index is 5.82. The Labute approximate surface area is 122 Å². The summed E-state index contributed by atoms with van der Waals surface area (Å²) in [5, 5.41) is 3.39. The van der Waals surface area contributed by atoms with Crippen molar-refractivity contribution in [3.8, 4) is 11.5 Å². The van der Waals surface area contributed by atoms with Crippen molar-refractivity contribution >= 4 is 0 Å². The minimum Gasteiger partial charge on any atom is -0.497 e. The third-order valence-electron chi connectivity index (χ3n) is 2.81. The second kappa shape index (κ2) is 9.61. The van der Waals surface area contributed by atoms with Crippen LogP contribution in [0.2, 0.25) is 0 Å². The first-order chi connectivity index (χ1) is 9.67. The molecule has 0 aliphatic rings. The first kappa shape index (κ1) is 16.8. The predicted octanol–water partition coefficient (Wildman–Crippen LogP) is 3.00. The third kappa shape index (κ3) is 6.26. The quantitative estimate of drug-likeness (QED) is 0.669. The molecule has 4 heteroatoms. The molecule has 1 N–H and O–H groups in total. The van der Waals surface area contributed by atoms with Gasteiger partial charge in [0.2, 0.25) is 0 Å². The van der Waals surface area contributed by atoms with E-state index in [1.165, 1.54) is 0 Å². The normalized spacial score (nSPS) is 10.8. The fourth-order valence-electron chi connectivity index (χ4n) is 1.78. The molecule has 1 aromatic carbocycles. The van der Waals surface area contributed by atoms with Crippen molar-refractivity contribution in [3.63, 3.8) is 0 Å². The highest BCUT2D eigenvalue weighted by Gasteiger charge is 2.06. The van der Waals surface area contributed by atoms with Crippen LogP contribution in [0.1, 0.15) is 32.8 Å². The lowest BCUT2D eigenvalue weighted by atomic mass is 10.2. The van der Waals surface area contributed by atoms with Crippen molar-refractivity contribution in [1.82, 2.24) is 5.32 Å². The van der Waals surface area contributed by atoms with Crippen LogP contribution in [-0.4, -0.2) is 33.0 Å². The van der Waals surface area contributed by atoms with E-state index in [4.69, 9.17) is 14.2 Å². The van der Waals surface area contributed by atoms with Gasteiger partial charge in [0.1, 0.15) is 18.1 Å². The number of hydrogen-bond acceptors (Lipinski definition) is 4. The number of hydrogen-bond donors (Lipinski definition) is 1. The molecule has 0 unspecified atom stereocenters. The SMILES string of the molecule is CCCNCc1ccc(OC)cc1OCCOC(C)C. The highest BCUT2D eigenvalue weighted by Crippen LogP contribution is 2.24. The van der Waals surface area contributed by atoms with Crippen LogP contribution in [0.25, 0.3) is 0 Å². The number of methoxy groups -OCH3 is 1. The summed E-state index contributed by atoms with van der Waals surface area (Å²) in [6, 6.07) is 5.93. The minimum absolute atomic E-state index is 0.231. The molecule has 0 aliphatic carbocycles. The van der Waals surface area contributed by atoms with E-state index in [-0.39, 0.29) is 6.10 Å². The van der Waals surface area contributed by atoms with Gasteiger partial charge in [-0.3, -0.25) is 0 Å².